The van der Waals surface area contributed by atoms with Crippen molar-refractivity contribution >= 4 is 28.6 Å². The minimum Gasteiger partial charge on any atom is -0.449 e. The molecule has 0 unspecified atom stereocenters. The van der Waals surface area contributed by atoms with Crippen LogP contribution in [-0.4, -0.2) is 51.5 Å². The van der Waals surface area contributed by atoms with E-state index in [1.165, 1.54) is 19.1 Å². The van der Waals surface area contributed by atoms with Gasteiger partial charge in [0.25, 0.3) is 0 Å². The number of carbonyl (C=O) groups is 3. The lowest BCUT2D eigenvalue weighted by atomic mass is 9.44. The fraction of sp³-hybridized carbons (Fsp3) is 0.750. The zero-order valence-corrected chi connectivity index (χ0v) is 22.5. The number of halogens is 3. The van der Waals surface area contributed by atoms with Crippen LogP contribution in [0.15, 0.2) is 23.8 Å². The van der Waals surface area contributed by atoms with Crippen molar-refractivity contribution in [2.24, 2.45) is 34.0 Å². The highest BCUT2D eigenvalue weighted by atomic mass is 32.2. The van der Waals surface area contributed by atoms with E-state index in [0.717, 1.165) is 12.5 Å². The quantitative estimate of drug-likeness (QED) is 0.493. The Hall–Kier alpha value is -1.61. The maximum absolute atomic E-state index is 17.4. The lowest BCUT2D eigenvalue weighted by Gasteiger charge is -2.63. The van der Waals surface area contributed by atoms with Gasteiger partial charge in [0.15, 0.2) is 17.1 Å². The Morgan fingerprint density at radius 1 is 1.19 bits per heavy atom. The lowest BCUT2D eigenvalue weighted by molar-refractivity contribution is -0.233. The molecule has 5 aliphatic rings. The van der Waals surface area contributed by atoms with Crippen molar-refractivity contribution in [1.29, 1.82) is 0 Å². The summed E-state index contributed by atoms with van der Waals surface area (Å²) in [6, 6.07) is -1.01. The average Bonchev–Trinajstić information content (AvgIpc) is 3.03. The third-order valence-corrected chi connectivity index (χ3v) is 11.5. The first kappa shape index (κ1) is 27.0. The molecule has 0 spiro atoms. The summed E-state index contributed by atoms with van der Waals surface area (Å²) in [5, 5.41) is 10.9. The molecule has 37 heavy (non-hydrogen) atoms. The van der Waals surface area contributed by atoms with Gasteiger partial charge in [-0.3, -0.25) is 14.4 Å². The van der Waals surface area contributed by atoms with Crippen LogP contribution in [0.3, 0.4) is 0 Å². The fourth-order valence-electron chi connectivity index (χ4n) is 8.56. The molecule has 9 atom stereocenters. The van der Waals surface area contributed by atoms with Gasteiger partial charge in [-0.05, 0) is 81.4 Å². The molecule has 0 bridgehead atoms. The van der Waals surface area contributed by atoms with Crippen LogP contribution in [0.4, 0.5) is 13.2 Å². The third kappa shape index (κ3) is 3.25. The number of aliphatic hydroxyl groups is 1. The van der Waals surface area contributed by atoms with Crippen LogP contribution in [0.2, 0.25) is 0 Å². The minimum absolute atomic E-state index is 0.0205. The van der Waals surface area contributed by atoms with E-state index in [1.807, 2.05) is 0 Å². The van der Waals surface area contributed by atoms with Crippen LogP contribution in [0.25, 0.3) is 0 Å². The molecule has 0 aromatic heterocycles. The van der Waals surface area contributed by atoms with Gasteiger partial charge in [-0.15, -0.1) is 0 Å². The van der Waals surface area contributed by atoms with Gasteiger partial charge in [0, 0.05) is 22.7 Å². The van der Waals surface area contributed by atoms with Crippen molar-refractivity contribution in [3.63, 3.8) is 0 Å². The summed E-state index contributed by atoms with van der Waals surface area (Å²) in [6.45, 7) is 6.74. The van der Waals surface area contributed by atoms with Crippen molar-refractivity contribution in [3.8, 4) is 0 Å². The molecule has 0 saturated heterocycles. The number of ketones is 1. The van der Waals surface area contributed by atoms with Crippen molar-refractivity contribution in [2.75, 3.05) is 6.01 Å². The van der Waals surface area contributed by atoms with Crippen LogP contribution >= 0.6 is 11.8 Å². The van der Waals surface area contributed by atoms with E-state index in [0.29, 0.717) is 24.6 Å². The maximum atomic E-state index is 17.4. The standard InChI is InChI=1S/C28H35F3O5S/c1-15-10-17-18-12-20(30)19-11-16(32)6-9-25(19,3)27(18,31)21(33)13-26(17,4)28(15,23(35)37-14-29)36-22(34)24(2)7-5-8-24/h6,9,11,15,17-18,20-21,33H,5,7-8,10,12-14H2,1-4H3/t15-,17+,18+,20+,21+,25+,26+,27+,28-/m1/s1. The first-order valence-corrected chi connectivity index (χ1v) is 14.1. The number of ether oxygens (including phenoxy) is 1. The molecular formula is C28H35F3O5S. The monoisotopic (exact) mass is 540 g/mol. The number of hydrogen-bond acceptors (Lipinski definition) is 6. The van der Waals surface area contributed by atoms with Gasteiger partial charge in [0.2, 0.25) is 5.12 Å². The van der Waals surface area contributed by atoms with E-state index in [2.05, 4.69) is 0 Å². The molecule has 5 aliphatic carbocycles. The summed E-state index contributed by atoms with van der Waals surface area (Å²) in [5.74, 6) is -3.19. The second-order valence-corrected chi connectivity index (χ2v) is 13.5. The molecular weight excluding hydrogens is 505 g/mol. The van der Waals surface area contributed by atoms with Gasteiger partial charge < -0.3 is 9.84 Å². The number of aliphatic hydroxyl groups excluding tert-OH is 1. The summed E-state index contributed by atoms with van der Waals surface area (Å²) in [4.78, 5) is 39.1. The summed E-state index contributed by atoms with van der Waals surface area (Å²) >= 11 is 0.422. The van der Waals surface area contributed by atoms with Crippen LogP contribution in [-0.2, 0) is 19.1 Å². The summed E-state index contributed by atoms with van der Waals surface area (Å²) in [5.41, 5.74) is -7.61. The molecule has 0 radical (unpaired) electrons. The van der Waals surface area contributed by atoms with Crippen LogP contribution < -0.4 is 0 Å². The molecule has 5 rings (SSSR count). The Labute approximate surface area is 219 Å². The number of thioether (sulfide) groups is 1. The Morgan fingerprint density at radius 3 is 2.46 bits per heavy atom. The summed E-state index contributed by atoms with van der Waals surface area (Å²) < 4.78 is 52.8. The number of esters is 1. The molecule has 0 aromatic rings. The molecule has 204 valence electrons. The van der Waals surface area contributed by atoms with E-state index >= 15 is 8.78 Å². The summed E-state index contributed by atoms with van der Waals surface area (Å²) in [7, 11) is 0. The largest absolute Gasteiger partial charge is 0.449 e. The van der Waals surface area contributed by atoms with Crippen molar-refractivity contribution in [1.82, 2.24) is 0 Å². The molecule has 0 aliphatic heterocycles. The van der Waals surface area contributed by atoms with E-state index < -0.39 is 80.4 Å². The predicted octanol–water partition coefficient (Wildman–Crippen LogP) is 5.21. The normalized spacial score (nSPS) is 47.7. The highest BCUT2D eigenvalue weighted by Gasteiger charge is 2.78. The van der Waals surface area contributed by atoms with E-state index in [-0.39, 0.29) is 24.8 Å². The number of carbonyl (C=O) groups excluding carboxylic acids is 3. The molecule has 5 nitrogen and oxygen atoms in total. The maximum Gasteiger partial charge on any atom is 0.312 e. The Morgan fingerprint density at radius 2 is 1.86 bits per heavy atom. The SMILES string of the molecule is C[C@@H]1C[C@H]2[C@@H]3C[C@H](F)C4=CC(=O)C=C[C@]4(C)[C@@]3(F)[C@@H](O)C[C@]2(C)[C@]1(OC(=O)C1(C)CCC1)C(=O)SCF. The van der Waals surface area contributed by atoms with Gasteiger partial charge >= 0.3 is 5.97 Å². The first-order chi connectivity index (χ1) is 17.2. The zero-order chi connectivity index (χ0) is 27.2. The summed E-state index contributed by atoms with van der Waals surface area (Å²) in [6.07, 6.45) is 2.31. The molecule has 9 heteroatoms. The molecule has 0 heterocycles. The predicted molar refractivity (Wildman–Crippen MR) is 133 cm³/mol. The smallest absolute Gasteiger partial charge is 0.312 e. The number of rotatable bonds is 4. The molecule has 4 fully saturated rings. The van der Waals surface area contributed by atoms with Gasteiger partial charge in [-0.1, -0.05) is 26.3 Å². The second-order valence-electron chi connectivity index (χ2n) is 12.6. The minimum atomic E-state index is -2.31. The third-order valence-electron chi connectivity index (χ3n) is 10.9. The second kappa shape index (κ2) is 8.44. The number of fused-ring (bicyclic) bond motifs is 5. The fourth-order valence-corrected chi connectivity index (χ4v) is 9.34. The first-order valence-electron chi connectivity index (χ1n) is 13.1. The van der Waals surface area contributed by atoms with Gasteiger partial charge in [-0.2, -0.15) is 0 Å². The van der Waals surface area contributed by atoms with Crippen LogP contribution in [0, 0.1) is 34.0 Å². The van der Waals surface area contributed by atoms with Crippen molar-refractivity contribution in [3.05, 3.63) is 23.8 Å². The Balaban J connectivity index is 1.62. The van der Waals surface area contributed by atoms with Crippen LogP contribution in [0.1, 0.15) is 66.2 Å². The van der Waals surface area contributed by atoms with Crippen LogP contribution in [0.5, 0.6) is 0 Å². The van der Waals surface area contributed by atoms with E-state index in [9.17, 15) is 23.9 Å². The van der Waals surface area contributed by atoms with Gasteiger partial charge in [0.05, 0.1) is 11.5 Å². The average molecular weight is 541 g/mol. The number of alkyl halides is 3. The Bertz CT molecular complexity index is 1100. The van der Waals surface area contributed by atoms with E-state index in [1.54, 1.807) is 20.8 Å². The highest BCUT2D eigenvalue weighted by Crippen LogP contribution is 2.72. The lowest BCUT2D eigenvalue weighted by Crippen LogP contribution is -2.71. The molecule has 4 saturated carbocycles. The topological polar surface area (TPSA) is 80.7 Å². The van der Waals surface area contributed by atoms with Crippen molar-refractivity contribution < 1.29 is 37.4 Å². The molecule has 0 amide bonds. The molecule has 0 aromatic carbocycles. The number of hydrogen-bond donors (Lipinski definition) is 1. The van der Waals surface area contributed by atoms with Gasteiger partial charge in [0.1, 0.15) is 12.2 Å². The van der Waals surface area contributed by atoms with Gasteiger partial charge in [-0.25, -0.2) is 13.2 Å². The Kier molecular flexibility index (Phi) is 6.16. The highest BCUT2D eigenvalue weighted by molar-refractivity contribution is 8.13. The molecule has 1 N–H and O–H groups in total. The number of allylic oxidation sites excluding steroid dienone is 4. The van der Waals surface area contributed by atoms with Crippen molar-refractivity contribution in [2.45, 2.75) is 89.8 Å². The van der Waals surface area contributed by atoms with E-state index in [4.69, 9.17) is 4.74 Å². The zero-order valence-electron chi connectivity index (χ0n) is 21.7.